The van der Waals surface area contributed by atoms with Crippen molar-refractivity contribution in [1.29, 1.82) is 0 Å². The number of carbonyl (C=O) groups is 1. The van der Waals surface area contributed by atoms with Crippen molar-refractivity contribution in [2.24, 2.45) is 0 Å². The van der Waals surface area contributed by atoms with Crippen LogP contribution in [0.25, 0.3) is 0 Å². The summed E-state index contributed by atoms with van der Waals surface area (Å²) in [6, 6.07) is 15.6. The van der Waals surface area contributed by atoms with Crippen LogP contribution in [-0.2, 0) is 17.9 Å². The van der Waals surface area contributed by atoms with E-state index >= 15 is 0 Å². The fourth-order valence-corrected chi connectivity index (χ4v) is 2.19. The maximum Gasteiger partial charge on any atom is 0.407 e. The van der Waals surface area contributed by atoms with Crippen LogP contribution in [0.1, 0.15) is 16.7 Å². The number of halogens is 1. The van der Waals surface area contributed by atoms with Crippen LogP contribution >= 0.6 is 15.9 Å². The van der Waals surface area contributed by atoms with Crippen molar-refractivity contribution in [3.05, 3.63) is 69.7 Å². The van der Waals surface area contributed by atoms with Gasteiger partial charge in [0, 0.05) is 11.0 Å². The largest absolute Gasteiger partial charge is 0.445 e. The summed E-state index contributed by atoms with van der Waals surface area (Å²) < 4.78 is 6.17. The third-order valence-electron chi connectivity index (χ3n) is 2.91. The number of amides is 1. The van der Waals surface area contributed by atoms with Gasteiger partial charge in [0.2, 0.25) is 0 Å². The summed E-state index contributed by atoms with van der Waals surface area (Å²) in [5.74, 6) is 0. The molecule has 1 amide bonds. The molecule has 0 aliphatic carbocycles. The predicted octanol–water partition coefficient (Wildman–Crippen LogP) is 4.18. The Kier molecular flexibility index (Phi) is 5.18. The average molecular weight is 334 g/mol. The van der Waals surface area contributed by atoms with Crippen LogP contribution in [0, 0.1) is 6.92 Å². The summed E-state index contributed by atoms with van der Waals surface area (Å²) in [5, 5.41) is 2.75. The van der Waals surface area contributed by atoms with Gasteiger partial charge >= 0.3 is 6.09 Å². The molecule has 104 valence electrons. The summed E-state index contributed by atoms with van der Waals surface area (Å²) in [7, 11) is 0. The zero-order chi connectivity index (χ0) is 14.4. The third kappa shape index (κ3) is 4.10. The van der Waals surface area contributed by atoms with E-state index in [4.69, 9.17) is 4.74 Å². The second-order valence-electron chi connectivity index (χ2n) is 4.46. The topological polar surface area (TPSA) is 38.3 Å². The Balaban J connectivity index is 1.82. The Morgan fingerprint density at radius 2 is 1.90 bits per heavy atom. The fourth-order valence-electron chi connectivity index (χ4n) is 1.79. The van der Waals surface area contributed by atoms with Crippen LogP contribution in [-0.4, -0.2) is 6.09 Å². The first-order valence-corrected chi connectivity index (χ1v) is 7.14. The summed E-state index contributed by atoms with van der Waals surface area (Å²) in [6.07, 6.45) is -0.415. The first-order valence-electron chi connectivity index (χ1n) is 6.35. The third-order valence-corrected chi connectivity index (χ3v) is 4.04. The Morgan fingerprint density at radius 3 is 2.65 bits per heavy atom. The molecule has 2 aromatic carbocycles. The number of alkyl carbamates (subject to hydrolysis) is 1. The molecule has 0 bridgehead atoms. The Morgan fingerprint density at radius 1 is 1.15 bits per heavy atom. The Labute approximate surface area is 127 Å². The SMILES string of the molecule is Cc1cccc(CNC(=O)OCc2ccccc2)c1Br. The number of rotatable bonds is 4. The summed E-state index contributed by atoms with van der Waals surface area (Å²) in [5.41, 5.74) is 3.14. The van der Waals surface area contributed by atoms with Gasteiger partial charge in [-0.05, 0) is 23.6 Å². The lowest BCUT2D eigenvalue weighted by Gasteiger charge is -2.09. The molecule has 2 aromatic rings. The van der Waals surface area contributed by atoms with Crippen LogP contribution < -0.4 is 5.32 Å². The molecule has 1 N–H and O–H groups in total. The van der Waals surface area contributed by atoms with E-state index in [1.807, 2.05) is 55.5 Å². The van der Waals surface area contributed by atoms with Gasteiger partial charge in [0.1, 0.15) is 6.61 Å². The minimum absolute atomic E-state index is 0.279. The minimum Gasteiger partial charge on any atom is -0.445 e. The van der Waals surface area contributed by atoms with E-state index in [2.05, 4.69) is 21.2 Å². The van der Waals surface area contributed by atoms with Gasteiger partial charge in [-0.15, -0.1) is 0 Å². The van der Waals surface area contributed by atoms with E-state index in [1.54, 1.807) is 0 Å². The van der Waals surface area contributed by atoms with Gasteiger partial charge < -0.3 is 10.1 Å². The molecule has 0 aliphatic heterocycles. The zero-order valence-electron chi connectivity index (χ0n) is 11.2. The highest BCUT2D eigenvalue weighted by molar-refractivity contribution is 9.10. The second-order valence-corrected chi connectivity index (χ2v) is 5.26. The number of hydrogen-bond donors (Lipinski definition) is 1. The van der Waals surface area contributed by atoms with Crippen LogP contribution in [0.3, 0.4) is 0 Å². The number of benzene rings is 2. The highest BCUT2D eigenvalue weighted by Crippen LogP contribution is 2.20. The lowest BCUT2D eigenvalue weighted by atomic mass is 10.1. The van der Waals surface area contributed by atoms with Crippen molar-refractivity contribution in [1.82, 2.24) is 5.32 Å². The number of nitrogens with one attached hydrogen (secondary N) is 1. The van der Waals surface area contributed by atoms with Gasteiger partial charge in [-0.2, -0.15) is 0 Å². The molecule has 0 aliphatic rings. The zero-order valence-corrected chi connectivity index (χ0v) is 12.8. The van der Waals surface area contributed by atoms with Crippen molar-refractivity contribution < 1.29 is 9.53 Å². The van der Waals surface area contributed by atoms with Crippen molar-refractivity contribution in [2.45, 2.75) is 20.1 Å². The Hall–Kier alpha value is -1.81. The van der Waals surface area contributed by atoms with Crippen LogP contribution in [0.5, 0.6) is 0 Å². The van der Waals surface area contributed by atoms with Crippen LogP contribution in [0.2, 0.25) is 0 Å². The summed E-state index contributed by atoms with van der Waals surface area (Å²) >= 11 is 3.51. The van der Waals surface area contributed by atoms with E-state index in [0.717, 1.165) is 21.2 Å². The molecule has 3 nitrogen and oxygen atoms in total. The second kappa shape index (κ2) is 7.10. The van der Waals surface area contributed by atoms with Gasteiger partial charge in [-0.25, -0.2) is 4.79 Å². The summed E-state index contributed by atoms with van der Waals surface area (Å²) in [4.78, 5) is 11.6. The van der Waals surface area contributed by atoms with E-state index in [9.17, 15) is 4.79 Å². The molecule has 0 saturated heterocycles. The van der Waals surface area contributed by atoms with E-state index in [1.165, 1.54) is 0 Å². The van der Waals surface area contributed by atoms with Gasteiger partial charge in [0.25, 0.3) is 0 Å². The quantitative estimate of drug-likeness (QED) is 0.911. The fraction of sp³-hybridized carbons (Fsp3) is 0.188. The summed E-state index contributed by atoms with van der Waals surface area (Å²) in [6.45, 7) is 2.73. The lowest BCUT2D eigenvalue weighted by Crippen LogP contribution is -2.23. The predicted molar refractivity (Wildman–Crippen MR) is 82.3 cm³/mol. The van der Waals surface area contributed by atoms with Crippen molar-refractivity contribution in [2.75, 3.05) is 0 Å². The normalized spacial score (nSPS) is 10.1. The molecular formula is C16H16BrNO2. The highest BCUT2D eigenvalue weighted by Gasteiger charge is 2.06. The number of hydrogen-bond acceptors (Lipinski definition) is 2. The number of ether oxygens (including phenoxy) is 1. The highest BCUT2D eigenvalue weighted by atomic mass is 79.9. The van der Waals surface area contributed by atoms with Gasteiger partial charge in [-0.1, -0.05) is 64.5 Å². The van der Waals surface area contributed by atoms with E-state index in [0.29, 0.717) is 6.54 Å². The number of aryl methyl sites for hydroxylation is 1. The molecule has 0 radical (unpaired) electrons. The minimum atomic E-state index is -0.415. The molecule has 2 rings (SSSR count). The smallest absolute Gasteiger partial charge is 0.407 e. The molecule has 0 fully saturated rings. The monoisotopic (exact) mass is 333 g/mol. The maximum absolute atomic E-state index is 11.6. The lowest BCUT2D eigenvalue weighted by molar-refractivity contribution is 0.139. The molecule has 0 spiro atoms. The maximum atomic E-state index is 11.6. The molecule has 0 unspecified atom stereocenters. The first kappa shape index (κ1) is 14.6. The molecule has 0 aromatic heterocycles. The molecule has 0 atom stereocenters. The average Bonchev–Trinajstić information content (AvgIpc) is 2.48. The van der Waals surface area contributed by atoms with Crippen molar-refractivity contribution in [3.8, 4) is 0 Å². The molecular weight excluding hydrogens is 318 g/mol. The van der Waals surface area contributed by atoms with Gasteiger partial charge in [-0.3, -0.25) is 0 Å². The van der Waals surface area contributed by atoms with Crippen molar-refractivity contribution >= 4 is 22.0 Å². The van der Waals surface area contributed by atoms with Gasteiger partial charge in [0.05, 0.1) is 0 Å². The molecule has 0 heterocycles. The molecule has 0 saturated carbocycles. The Bertz CT molecular complexity index is 584. The molecule has 20 heavy (non-hydrogen) atoms. The molecule has 4 heteroatoms. The first-order chi connectivity index (χ1) is 9.66. The van der Waals surface area contributed by atoms with E-state index < -0.39 is 6.09 Å². The van der Waals surface area contributed by atoms with E-state index in [-0.39, 0.29) is 6.61 Å². The standard InChI is InChI=1S/C16H16BrNO2/c1-12-6-5-9-14(15(12)17)10-18-16(19)20-11-13-7-3-2-4-8-13/h2-9H,10-11H2,1H3,(H,18,19). The van der Waals surface area contributed by atoms with Gasteiger partial charge in [0.15, 0.2) is 0 Å². The van der Waals surface area contributed by atoms with Crippen molar-refractivity contribution in [3.63, 3.8) is 0 Å². The van der Waals surface area contributed by atoms with Crippen LogP contribution in [0.4, 0.5) is 4.79 Å². The van der Waals surface area contributed by atoms with Crippen LogP contribution in [0.15, 0.2) is 53.0 Å². The number of carbonyl (C=O) groups excluding carboxylic acids is 1.